The number of aliphatic hydroxyl groups excluding tert-OH is 3. The van der Waals surface area contributed by atoms with Gasteiger partial charge in [-0.15, -0.1) is 0 Å². The van der Waals surface area contributed by atoms with E-state index in [9.17, 15) is 29.5 Å². The molecule has 12 nitrogen and oxygen atoms in total. The van der Waals surface area contributed by atoms with E-state index >= 15 is 4.39 Å². The summed E-state index contributed by atoms with van der Waals surface area (Å²) in [5.74, 6) is -3.05. The van der Waals surface area contributed by atoms with Crippen molar-refractivity contribution >= 4 is 7.82 Å². The Bertz CT molecular complexity index is 1200. The minimum absolute atomic E-state index is 0.0116. The number of para-hydroxylation sites is 1. The van der Waals surface area contributed by atoms with E-state index in [4.69, 9.17) is 18.3 Å². The highest BCUT2D eigenvalue weighted by Crippen LogP contribution is 2.56. The topological polar surface area (TPSA) is 170 Å². The number of benzene rings is 1. The number of nitrogens with one attached hydrogen (secondary N) is 1. The molecule has 5 atom stereocenters. The fraction of sp³-hybridized carbons (Fsp3) is 0.444. The number of hydrogen-bond donors (Lipinski definition) is 4. The van der Waals surface area contributed by atoms with E-state index in [2.05, 4.69) is 0 Å². The molecule has 0 saturated carbocycles. The van der Waals surface area contributed by atoms with Crippen LogP contribution in [0.1, 0.15) is 11.1 Å². The molecule has 32 heavy (non-hydrogen) atoms. The van der Waals surface area contributed by atoms with Crippen LogP contribution in [0.5, 0.6) is 5.75 Å². The number of ether oxygens (including phenoxy) is 1. The van der Waals surface area contributed by atoms with Crippen LogP contribution in [0.3, 0.4) is 0 Å². The van der Waals surface area contributed by atoms with Gasteiger partial charge in [0, 0.05) is 17.3 Å². The molecule has 4 N–H and O–H groups in total. The standard InChI is InChI=1S/C18H20FN2O10P/c1-10-6-21(16(26)20-15(10)25)18(8-22)14(24)13(23)17(19,31-18)9-29-32(27)28-7-11-4-2-3-5-12(11)30-32/h2-6,13-14,22-24H,7-9H2,1H3,(H,20,25,26)/t13-,14+,17+,18+,32?/m0/s1. The van der Waals surface area contributed by atoms with Gasteiger partial charge in [0.2, 0.25) is 5.72 Å². The van der Waals surface area contributed by atoms with E-state index in [0.29, 0.717) is 10.1 Å². The van der Waals surface area contributed by atoms with Crippen molar-refractivity contribution in [2.45, 2.75) is 37.3 Å². The summed E-state index contributed by atoms with van der Waals surface area (Å²) in [5, 5.41) is 30.7. The van der Waals surface area contributed by atoms with Gasteiger partial charge in [0.15, 0.2) is 0 Å². The minimum atomic E-state index is -4.32. The van der Waals surface area contributed by atoms with E-state index in [-0.39, 0.29) is 17.9 Å². The molecule has 2 aromatic rings. The molecule has 0 spiro atoms. The monoisotopic (exact) mass is 474 g/mol. The third-order valence-corrected chi connectivity index (χ3v) is 6.60. The van der Waals surface area contributed by atoms with Crippen molar-refractivity contribution in [3.05, 3.63) is 62.4 Å². The number of aromatic amines is 1. The van der Waals surface area contributed by atoms with Crippen LogP contribution < -0.4 is 15.8 Å². The summed E-state index contributed by atoms with van der Waals surface area (Å²) in [4.78, 5) is 25.8. The molecule has 4 rings (SSSR count). The van der Waals surface area contributed by atoms with Gasteiger partial charge in [-0.1, -0.05) is 18.2 Å². The van der Waals surface area contributed by atoms with Crippen LogP contribution in [0.2, 0.25) is 0 Å². The van der Waals surface area contributed by atoms with Crippen LogP contribution in [-0.2, 0) is 30.7 Å². The van der Waals surface area contributed by atoms with Crippen molar-refractivity contribution in [1.29, 1.82) is 0 Å². The molecule has 2 aliphatic rings. The molecule has 0 amide bonds. The van der Waals surface area contributed by atoms with E-state index in [1.165, 1.54) is 13.0 Å². The average molecular weight is 474 g/mol. The lowest BCUT2D eigenvalue weighted by atomic mass is 10.0. The number of halogens is 1. The highest BCUT2D eigenvalue weighted by atomic mass is 31.2. The quantitative estimate of drug-likeness (QED) is 0.420. The summed E-state index contributed by atoms with van der Waals surface area (Å²) in [5.41, 5.74) is -3.82. The lowest BCUT2D eigenvalue weighted by Crippen LogP contribution is -2.54. The number of alkyl halides is 1. The predicted octanol–water partition coefficient (Wildman–Crippen LogP) is -0.358. The van der Waals surface area contributed by atoms with Gasteiger partial charge in [0.05, 0.1) is 13.2 Å². The molecule has 3 heterocycles. The lowest BCUT2D eigenvalue weighted by molar-refractivity contribution is -0.254. The van der Waals surface area contributed by atoms with Crippen molar-refractivity contribution in [1.82, 2.24) is 9.55 Å². The Morgan fingerprint density at radius 2 is 2.03 bits per heavy atom. The summed E-state index contributed by atoms with van der Waals surface area (Å²) in [6, 6.07) is 6.49. The first kappa shape index (κ1) is 22.8. The maximum absolute atomic E-state index is 15.6. The zero-order valence-corrected chi connectivity index (χ0v) is 17.5. The maximum Gasteiger partial charge on any atom is 0.530 e. The Morgan fingerprint density at radius 3 is 2.75 bits per heavy atom. The van der Waals surface area contributed by atoms with E-state index in [0.717, 1.165) is 6.20 Å². The molecule has 1 unspecified atom stereocenters. The molecule has 174 valence electrons. The normalized spacial score (nSPS) is 34.2. The van der Waals surface area contributed by atoms with Crippen molar-refractivity contribution in [3.63, 3.8) is 0 Å². The number of aliphatic hydroxyl groups is 3. The largest absolute Gasteiger partial charge is 0.530 e. The number of rotatable bonds is 5. The second kappa shape index (κ2) is 7.89. The van der Waals surface area contributed by atoms with Gasteiger partial charge in [-0.2, -0.15) is 0 Å². The molecule has 0 aliphatic carbocycles. The van der Waals surface area contributed by atoms with Crippen LogP contribution in [-0.4, -0.2) is 56.1 Å². The van der Waals surface area contributed by atoms with Crippen LogP contribution in [0.15, 0.2) is 40.1 Å². The predicted molar refractivity (Wildman–Crippen MR) is 103 cm³/mol. The molecule has 2 aliphatic heterocycles. The zero-order valence-electron chi connectivity index (χ0n) is 16.6. The Kier molecular flexibility index (Phi) is 5.62. The molecule has 14 heteroatoms. The number of phosphoric acid groups is 1. The van der Waals surface area contributed by atoms with E-state index < -0.39 is 56.1 Å². The van der Waals surface area contributed by atoms with Crippen molar-refractivity contribution in [2.75, 3.05) is 13.2 Å². The fourth-order valence-corrected chi connectivity index (χ4v) is 4.72. The first-order valence-electron chi connectivity index (χ1n) is 9.39. The van der Waals surface area contributed by atoms with E-state index in [1.807, 2.05) is 4.98 Å². The molecular weight excluding hydrogens is 454 g/mol. The molecule has 1 saturated heterocycles. The zero-order chi connectivity index (χ0) is 23.3. The molecule has 1 fully saturated rings. The molecule has 1 aromatic heterocycles. The van der Waals surface area contributed by atoms with Crippen LogP contribution in [0.25, 0.3) is 0 Å². The number of aromatic nitrogens is 2. The highest BCUT2D eigenvalue weighted by molar-refractivity contribution is 7.49. The van der Waals surface area contributed by atoms with Crippen molar-refractivity contribution < 1.29 is 42.6 Å². The van der Waals surface area contributed by atoms with Crippen molar-refractivity contribution in [2.24, 2.45) is 0 Å². The van der Waals surface area contributed by atoms with Gasteiger partial charge in [-0.05, 0) is 13.0 Å². The highest BCUT2D eigenvalue weighted by Gasteiger charge is 2.65. The summed E-state index contributed by atoms with van der Waals surface area (Å²) in [7, 11) is -4.32. The van der Waals surface area contributed by atoms with Crippen LogP contribution in [0.4, 0.5) is 4.39 Å². The van der Waals surface area contributed by atoms with Gasteiger partial charge in [0.1, 0.15) is 24.6 Å². The number of aryl methyl sites for hydroxylation is 1. The molecular formula is C18H20FN2O10P. The number of H-pyrrole nitrogens is 1. The third kappa shape index (κ3) is 3.61. The van der Waals surface area contributed by atoms with E-state index in [1.54, 1.807) is 18.2 Å². The minimum Gasteiger partial charge on any atom is -0.404 e. The van der Waals surface area contributed by atoms with Crippen LogP contribution in [0, 0.1) is 6.92 Å². The van der Waals surface area contributed by atoms with Gasteiger partial charge in [-0.3, -0.25) is 23.4 Å². The Morgan fingerprint density at radius 1 is 1.31 bits per heavy atom. The summed E-state index contributed by atoms with van der Waals surface area (Å²) in [6.07, 6.45) is -3.59. The first-order chi connectivity index (χ1) is 15.0. The first-order valence-corrected chi connectivity index (χ1v) is 10.9. The SMILES string of the molecule is Cc1cn([C@]2(CO)O[C@](F)(COP3(=O)OCc4ccccc4O3)[C@@H](O)[C@H]2O)c(=O)[nH]c1=O. The van der Waals surface area contributed by atoms with Crippen LogP contribution >= 0.6 is 7.82 Å². The third-order valence-electron chi connectivity index (χ3n) is 5.28. The van der Waals surface area contributed by atoms with Gasteiger partial charge in [0.25, 0.3) is 11.4 Å². The number of hydrogen-bond acceptors (Lipinski definition) is 10. The van der Waals surface area contributed by atoms with Gasteiger partial charge < -0.3 is 24.6 Å². The smallest absolute Gasteiger partial charge is 0.404 e. The summed E-state index contributed by atoms with van der Waals surface area (Å²) >= 11 is 0. The maximum atomic E-state index is 15.6. The molecule has 1 aromatic carbocycles. The Hall–Kier alpha value is -2.38. The molecule has 0 bridgehead atoms. The average Bonchev–Trinajstić information content (AvgIpc) is 2.97. The van der Waals surface area contributed by atoms with Gasteiger partial charge >= 0.3 is 13.5 Å². The summed E-state index contributed by atoms with van der Waals surface area (Å²) < 4.78 is 49.3. The summed E-state index contributed by atoms with van der Waals surface area (Å²) in [6.45, 7) is -1.24. The number of fused-ring (bicyclic) bond motifs is 1. The second-order valence-corrected chi connectivity index (χ2v) is 9.01. The fourth-order valence-electron chi connectivity index (χ4n) is 3.49. The van der Waals surface area contributed by atoms with Gasteiger partial charge in [-0.25, -0.2) is 13.8 Å². The van der Waals surface area contributed by atoms with Crippen molar-refractivity contribution in [3.8, 4) is 5.75 Å². The number of phosphoric ester groups is 1. The number of nitrogens with zero attached hydrogens (tertiary/aromatic N) is 1. The Labute approximate surface area is 179 Å². The molecule has 0 radical (unpaired) electrons. The Balaban J connectivity index is 1.61. The lowest BCUT2D eigenvalue weighted by Gasteiger charge is -2.32. The second-order valence-electron chi connectivity index (χ2n) is 7.42.